The second kappa shape index (κ2) is 5.52. The van der Waals surface area contributed by atoms with Crippen molar-refractivity contribution in [3.8, 4) is 6.07 Å². The third-order valence-electron chi connectivity index (χ3n) is 3.02. The Bertz CT molecular complexity index is 581. The molecule has 2 rings (SSSR count). The van der Waals surface area contributed by atoms with Crippen LogP contribution < -0.4 is 5.73 Å². The number of aromatic nitrogens is 1. The molecule has 2 aromatic rings. The van der Waals surface area contributed by atoms with Crippen LogP contribution in [0.3, 0.4) is 0 Å². The third kappa shape index (κ3) is 3.19. The molecule has 0 amide bonds. The molecular weight excluding hydrogens is 254 g/mol. The van der Waals surface area contributed by atoms with Gasteiger partial charge in [-0.25, -0.2) is 4.98 Å². The highest BCUT2D eigenvalue weighted by atomic mass is 32.1. The van der Waals surface area contributed by atoms with Crippen LogP contribution in [0.4, 0.5) is 0 Å². The summed E-state index contributed by atoms with van der Waals surface area (Å²) in [5.41, 5.74) is 7.72. The third-order valence-corrected chi connectivity index (χ3v) is 4.24. The highest BCUT2D eigenvalue weighted by molar-refractivity contribution is 7.09. The summed E-state index contributed by atoms with van der Waals surface area (Å²) in [4.78, 5) is 4.53. The average Bonchev–Trinajstić information content (AvgIpc) is 2.89. The normalized spacial score (nSPS) is 12.9. The van der Waals surface area contributed by atoms with E-state index in [1.54, 1.807) is 0 Å². The largest absolute Gasteiger partial charge is 0.324 e. The zero-order valence-electron chi connectivity index (χ0n) is 11.1. The predicted octanol–water partition coefficient (Wildman–Crippen LogP) is 3.19. The van der Waals surface area contributed by atoms with Gasteiger partial charge in [0.05, 0.1) is 11.8 Å². The van der Waals surface area contributed by atoms with Gasteiger partial charge in [0.2, 0.25) is 0 Å². The van der Waals surface area contributed by atoms with E-state index >= 15 is 0 Å². The van der Waals surface area contributed by atoms with Crippen LogP contribution in [0.2, 0.25) is 0 Å². The van der Waals surface area contributed by atoms with Crippen molar-refractivity contribution in [3.05, 3.63) is 52.0 Å². The second-order valence-corrected chi connectivity index (χ2v) is 5.96. The molecule has 1 heterocycles. The minimum atomic E-state index is -0.528. The predicted molar refractivity (Wildman–Crippen MR) is 77.8 cm³/mol. The highest BCUT2D eigenvalue weighted by Crippen LogP contribution is 2.27. The Labute approximate surface area is 117 Å². The fourth-order valence-electron chi connectivity index (χ4n) is 1.78. The molecule has 0 fully saturated rings. The molecule has 3 nitrogen and oxygen atoms in total. The van der Waals surface area contributed by atoms with E-state index in [2.05, 4.69) is 11.1 Å². The topological polar surface area (TPSA) is 62.7 Å². The lowest BCUT2D eigenvalue weighted by atomic mass is 9.97. The molecular formula is C15H17N3S. The number of nitrogens with two attached hydrogens (primary N) is 1. The van der Waals surface area contributed by atoms with Gasteiger partial charge in [0, 0.05) is 17.8 Å². The van der Waals surface area contributed by atoms with E-state index in [-0.39, 0.29) is 6.04 Å². The van der Waals surface area contributed by atoms with Crippen molar-refractivity contribution in [3.63, 3.8) is 0 Å². The molecule has 0 spiro atoms. The maximum Gasteiger partial charge on any atom is 0.113 e. The molecule has 19 heavy (non-hydrogen) atoms. The van der Waals surface area contributed by atoms with Gasteiger partial charge in [-0.05, 0) is 19.4 Å². The van der Waals surface area contributed by atoms with Gasteiger partial charge in [0.1, 0.15) is 10.4 Å². The van der Waals surface area contributed by atoms with Crippen molar-refractivity contribution in [2.24, 2.45) is 5.73 Å². The summed E-state index contributed by atoms with van der Waals surface area (Å²) in [6.07, 6.45) is 0.696. The van der Waals surface area contributed by atoms with E-state index in [0.29, 0.717) is 6.42 Å². The molecule has 98 valence electrons. The first-order chi connectivity index (χ1) is 9.03. The summed E-state index contributed by atoms with van der Waals surface area (Å²) in [6, 6.07) is 12.2. The van der Waals surface area contributed by atoms with E-state index in [4.69, 9.17) is 11.0 Å². The number of hydrogen-bond acceptors (Lipinski definition) is 4. The summed E-state index contributed by atoms with van der Waals surface area (Å²) >= 11 is 1.53. The van der Waals surface area contributed by atoms with Crippen LogP contribution in [-0.4, -0.2) is 4.98 Å². The van der Waals surface area contributed by atoms with Crippen LogP contribution >= 0.6 is 11.3 Å². The first-order valence-electron chi connectivity index (χ1n) is 6.19. The van der Waals surface area contributed by atoms with Gasteiger partial charge in [-0.1, -0.05) is 30.3 Å². The number of hydrogen-bond donors (Lipinski definition) is 1. The molecule has 0 bridgehead atoms. The summed E-state index contributed by atoms with van der Waals surface area (Å²) in [7, 11) is 0. The molecule has 0 radical (unpaired) electrons. The Morgan fingerprint density at radius 3 is 2.68 bits per heavy atom. The summed E-state index contributed by atoms with van der Waals surface area (Å²) in [5.74, 6) is 0. The van der Waals surface area contributed by atoms with Crippen molar-refractivity contribution in [1.82, 2.24) is 4.98 Å². The lowest BCUT2D eigenvalue weighted by molar-refractivity contribution is 0.662. The van der Waals surface area contributed by atoms with Gasteiger partial charge >= 0.3 is 0 Å². The summed E-state index contributed by atoms with van der Waals surface area (Å²) in [5, 5.41) is 12.0. The minimum absolute atomic E-state index is 0.0543. The van der Waals surface area contributed by atoms with E-state index in [1.165, 1.54) is 11.3 Å². The van der Waals surface area contributed by atoms with Gasteiger partial charge in [-0.2, -0.15) is 5.26 Å². The maximum atomic E-state index is 9.11. The molecule has 0 saturated heterocycles. The van der Waals surface area contributed by atoms with Crippen LogP contribution in [0.1, 0.15) is 36.2 Å². The molecule has 1 unspecified atom stereocenters. The summed E-state index contributed by atoms with van der Waals surface area (Å²) in [6.45, 7) is 3.76. The minimum Gasteiger partial charge on any atom is -0.324 e. The number of benzene rings is 1. The maximum absolute atomic E-state index is 9.11. The number of rotatable bonds is 4. The quantitative estimate of drug-likeness (QED) is 0.929. The Balaban J connectivity index is 2.11. The van der Waals surface area contributed by atoms with Gasteiger partial charge in [0.15, 0.2) is 0 Å². The molecule has 0 saturated carbocycles. The van der Waals surface area contributed by atoms with E-state index in [0.717, 1.165) is 16.3 Å². The van der Waals surface area contributed by atoms with Crippen molar-refractivity contribution >= 4 is 11.3 Å². The molecule has 1 aromatic carbocycles. The zero-order chi connectivity index (χ0) is 13.9. The van der Waals surface area contributed by atoms with Crippen LogP contribution in [0, 0.1) is 11.3 Å². The smallest absolute Gasteiger partial charge is 0.113 e. The van der Waals surface area contributed by atoms with Crippen LogP contribution in [0.5, 0.6) is 0 Å². The molecule has 0 aliphatic rings. The standard InChI is InChI=1S/C15H17N3S/c1-15(2,10-16)14-18-12(9-19-14)8-13(17)11-6-4-3-5-7-11/h3-7,9,13H,8,17H2,1-2H3. The van der Waals surface area contributed by atoms with Gasteiger partial charge < -0.3 is 5.73 Å². The monoisotopic (exact) mass is 271 g/mol. The highest BCUT2D eigenvalue weighted by Gasteiger charge is 2.24. The molecule has 1 atom stereocenters. The Morgan fingerprint density at radius 2 is 2.05 bits per heavy atom. The fraction of sp³-hybridized carbons (Fsp3) is 0.333. The summed E-state index contributed by atoms with van der Waals surface area (Å²) < 4.78 is 0. The Morgan fingerprint density at radius 1 is 1.37 bits per heavy atom. The zero-order valence-corrected chi connectivity index (χ0v) is 11.9. The molecule has 0 aliphatic heterocycles. The van der Waals surface area contributed by atoms with E-state index in [1.807, 2.05) is 49.6 Å². The SMILES string of the molecule is CC(C)(C#N)c1nc(CC(N)c2ccccc2)cs1. The van der Waals surface area contributed by atoms with Gasteiger partial charge in [0.25, 0.3) is 0 Å². The van der Waals surface area contributed by atoms with Crippen molar-refractivity contribution in [2.45, 2.75) is 31.7 Å². The van der Waals surface area contributed by atoms with E-state index < -0.39 is 5.41 Å². The Kier molecular flexibility index (Phi) is 3.98. The van der Waals surface area contributed by atoms with Crippen LogP contribution in [-0.2, 0) is 11.8 Å². The second-order valence-electron chi connectivity index (χ2n) is 5.10. The number of nitrogens with zero attached hydrogens (tertiary/aromatic N) is 2. The van der Waals surface area contributed by atoms with E-state index in [9.17, 15) is 0 Å². The molecule has 2 N–H and O–H groups in total. The lowest BCUT2D eigenvalue weighted by Crippen LogP contribution is -2.15. The van der Waals surface area contributed by atoms with Gasteiger partial charge in [-0.3, -0.25) is 0 Å². The number of nitriles is 1. The first-order valence-corrected chi connectivity index (χ1v) is 7.07. The Hall–Kier alpha value is -1.70. The van der Waals surface area contributed by atoms with Crippen molar-refractivity contribution in [1.29, 1.82) is 5.26 Å². The van der Waals surface area contributed by atoms with Crippen LogP contribution in [0.15, 0.2) is 35.7 Å². The molecule has 1 aromatic heterocycles. The number of thiazole rings is 1. The van der Waals surface area contributed by atoms with Crippen molar-refractivity contribution in [2.75, 3.05) is 0 Å². The first kappa shape index (κ1) is 13.7. The lowest BCUT2D eigenvalue weighted by Gasteiger charge is -2.11. The van der Waals surface area contributed by atoms with Crippen molar-refractivity contribution < 1.29 is 0 Å². The fourth-order valence-corrected chi connectivity index (χ4v) is 2.69. The molecule has 0 aliphatic carbocycles. The molecule has 4 heteroatoms. The van der Waals surface area contributed by atoms with Crippen LogP contribution in [0.25, 0.3) is 0 Å². The van der Waals surface area contributed by atoms with Gasteiger partial charge in [-0.15, -0.1) is 11.3 Å². The average molecular weight is 271 g/mol.